The van der Waals surface area contributed by atoms with E-state index in [2.05, 4.69) is 51.9 Å². The summed E-state index contributed by atoms with van der Waals surface area (Å²) >= 11 is 0. The van der Waals surface area contributed by atoms with E-state index in [4.69, 9.17) is 0 Å². The van der Waals surface area contributed by atoms with Crippen LogP contribution in [0.15, 0.2) is 53.7 Å². The zero-order chi connectivity index (χ0) is 22.2. The van der Waals surface area contributed by atoms with Crippen LogP contribution in [0.2, 0.25) is 0 Å². The number of aromatic amines is 1. The first-order valence-electron chi connectivity index (χ1n) is 10.9. The summed E-state index contributed by atoms with van der Waals surface area (Å²) in [6, 6.07) is 14.3. The van der Waals surface area contributed by atoms with E-state index in [-0.39, 0.29) is 29.9 Å². The number of carbonyl (C=O) groups excluding carboxylic acids is 1. The average Bonchev–Trinajstić information content (AvgIpc) is 3.20. The minimum atomic E-state index is 0. The number of para-hydroxylation sites is 1. The van der Waals surface area contributed by atoms with Crippen molar-refractivity contribution in [2.75, 3.05) is 34.2 Å². The van der Waals surface area contributed by atoms with Crippen LogP contribution in [-0.4, -0.2) is 56.0 Å². The summed E-state index contributed by atoms with van der Waals surface area (Å²) in [6.45, 7) is 3.73. The summed E-state index contributed by atoms with van der Waals surface area (Å²) in [7, 11) is 5.32. The second-order valence-electron chi connectivity index (χ2n) is 7.83. The molecule has 1 aromatic heterocycles. The first kappa shape index (κ1) is 25.7. The number of nitrogens with zero attached hydrogens (tertiary/aromatic N) is 2. The molecule has 0 fully saturated rings. The van der Waals surface area contributed by atoms with Gasteiger partial charge in [0.05, 0.1) is 0 Å². The van der Waals surface area contributed by atoms with Gasteiger partial charge in [0.15, 0.2) is 5.96 Å². The fraction of sp³-hybridized carbons (Fsp3) is 0.360. The Labute approximate surface area is 207 Å². The lowest BCUT2D eigenvalue weighted by Gasteiger charge is -2.13. The van der Waals surface area contributed by atoms with Gasteiger partial charge in [-0.05, 0) is 48.1 Å². The van der Waals surface area contributed by atoms with Gasteiger partial charge in [-0.3, -0.25) is 9.79 Å². The number of aliphatic imine (C=N–C) groups is 1. The molecule has 1 amide bonds. The molecular weight excluding hydrogens is 513 g/mol. The Hall–Kier alpha value is -2.55. The summed E-state index contributed by atoms with van der Waals surface area (Å²) in [5.41, 5.74) is 5.76. The second-order valence-corrected chi connectivity index (χ2v) is 7.83. The summed E-state index contributed by atoms with van der Waals surface area (Å²) in [5, 5.41) is 8.06. The van der Waals surface area contributed by atoms with Gasteiger partial charge in [0.25, 0.3) is 5.91 Å². The van der Waals surface area contributed by atoms with E-state index in [9.17, 15) is 4.79 Å². The predicted octanol–water partition coefficient (Wildman–Crippen LogP) is 4.00. The molecule has 3 N–H and O–H groups in total. The van der Waals surface area contributed by atoms with Crippen molar-refractivity contribution < 1.29 is 4.79 Å². The number of halogens is 1. The molecule has 0 unspecified atom stereocenters. The first-order valence-corrected chi connectivity index (χ1v) is 10.9. The molecule has 32 heavy (non-hydrogen) atoms. The summed E-state index contributed by atoms with van der Waals surface area (Å²) in [5.74, 6) is 0.810. The van der Waals surface area contributed by atoms with E-state index in [1.807, 2.05) is 24.3 Å². The number of hydrogen-bond donors (Lipinski definition) is 3. The van der Waals surface area contributed by atoms with Gasteiger partial charge in [-0.15, -0.1) is 24.0 Å². The Morgan fingerprint density at radius 2 is 1.75 bits per heavy atom. The first-order chi connectivity index (χ1) is 15.0. The minimum absolute atomic E-state index is 0. The largest absolute Gasteiger partial charge is 0.361 e. The Balaban J connectivity index is 0.00000363. The molecule has 0 radical (unpaired) electrons. The van der Waals surface area contributed by atoms with Crippen LogP contribution >= 0.6 is 24.0 Å². The standard InChI is InChI=1S/C25H33N5O.HI/c1-5-19-9-7-11-22-21(17-29-23(19)22)13-15-28-25(26-2)27-14-12-18-8-6-10-20(16-18)24(31)30(3)4;/h6-11,16-17,29H,5,12-15H2,1-4H3,(H2,26,27,28);1H. The molecule has 0 aliphatic heterocycles. The van der Waals surface area contributed by atoms with Crippen molar-refractivity contribution in [2.24, 2.45) is 4.99 Å². The van der Waals surface area contributed by atoms with Crippen molar-refractivity contribution >= 4 is 46.7 Å². The number of nitrogens with one attached hydrogen (secondary N) is 3. The normalized spacial score (nSPS) is 11.2. The number of aromatic nitrogens is 1. The molecule has 0 atom stereocenters. The Kier molecular flexibility index (Phi) is 10.0. The number of fused-ring (bicyclic) bond motifs is 1. The highest BCUT2D eigenvalue weighted by Crippen LogP contribution is 2.22. The lowest BCUT2D eigenvalue weighted by molar-refractivity contribution is 0.0827. The van der Waals surface area contributed by atoms with Gasteiger partial charge in [0.2, 0.25) is 0 Å². The summed E-state index contributed by atoms with van der Waals surface area (Å²) in [6.07, 6.45) is 4.88. The van der Waals surface area contributed by atoms with E-state index in [1.54, 1.807) is 26.0 Å². The zero-order valence-corrected chi connectivity index (χ0v) is 21.7. The van der Waals surface area contributed by atoms with Crippen LogP contribution in [0.3, 0.4) is 0 Å². The Morgan fingerprint density at radius 3 is 2.44 bits per heavy atom. The number of H-pyrrole nitrogens is 1. The maximum absolute atomic E-state index is 12.1. The molecule has 3 aromatic rings. The highest BCUT2D eigenvalue weighted by molar-refractivity contribution is 14.0. The molecule has 0 aliphatic rings. The summed E-state index contributed by atoms with van der Waals surface area (Å²) < 4.78 is 0. The van der Waals surface area contributed by atoms with Crippen molar-refractivity contribution in [2.45, 2.75) is 26.2 Å². The number of rotatable bonds is 8. The van der Waals surface area contributed by atoms with Gasteiger partial charge in [-0.1, -0.05) is 37.3 Å². The molecule has 0 saturated carbocycles. The number of carbonyl (C=O) groups is 1. The van der Waals surface area contributed by atoms with Crippen molar-refractivity contribution in [3.63, 3.8) is 0 Å². The fourth-order valence-corrected chi connectivity index (χ4v) is 3.76. The Bertz CT molecular complexity index is 1060. The predicted molar refractivity (Wildman–Crippen MR) is 144 cm³/mol. The molecular formula is C25H34IN5O. The van der Waals surface area contributed by atoms with Gasteiger partial charge in [0.1, 0.15) is 0 Å². The third-order valence-electron chi connectivity index (χ3n) is 5.46. The van der Waals surface area contributed by atoms with Crippen LogP contribution in [0.1, 0.15) is 34.0 Å². The SMILES string of the molecule is CCc1cccc2c(CCNC(=NC)NCCc3cccc(C(=O)N(C)C)c3)c[nH]c12.I. The summed E-state index contributed by atoms with van der Waals surface area (Å²) in [4.78, 5) is 21.5. The number of aryl methyl sites for hydroxylation is 1. The number of guanidine groups is 1. The number of hydrogen-bond acceptors (Lipinski definition) is 2. The van der Waals surface area contributed by atoms with Gasteiger partial charge < -0.3 is 20.5 Å². The molecule has 2 aromatic carbocycles. The van der Waals surface area contributed by atoms with Crippen molar-refractivity contribution in [1.82, 2.24) is 20.5 Å². The van der Waals surface area contributed by atoms with Crippen LogP contribution < -0.4 is 10.6 Å². The van der Waals surface area contributed by atoms with Gasteiger partial charge >= 0.3 is 0 Å². The Morgan fingerprint density at radius 1 is 1.03 bits per heavy atom. The van der Waals surface area contributed by atoms with Gasteiger partial charge in [0, 0.05) is 56.9 Å². The number of benzene rings is 2. The average molecular weight is 547 g/mol. The van der Waals surface area contributed by atoms with Crippen LogP contribution in [-0.2, 0) is 19.3 Å². The molecule has 0 aliphatic carbocycles. The molecule has 172 valence electrons. The third-order valence-corrected chi connectivity index (χ3v) is 5.46. The maximum atomic E-state index is 12.1. The van der Waals surface area contributed by atoms with E-state index in [0.29, 0.717) is 0 Å². The van der Waals surface area contributed by atoms with E-state index < -0.39 is 0 Å². The van der Waals surface area contributed by atoms with Gasteiger partial charge in [-0.25, -0.2) is 0 Å². The molecule has 0 spiro atoms. The van der Waals surface area contributed by atoms with Gasteiger partial charge in [-0.2, -0.15) is 0 Å². The lowest BCUT2D eigenvalue weighted by Crippen LogP contribution is -2.39. The van der Waals surface area contributed by atoms with Crippen LogP contribution in [0.4, 0.5) is 0 Å². The molecule has 0 bridgehead atoms. The monoisotopic (exact) mass is 547 g/mol. The van der Waals surface area contributed by atoms with E-state index >= 15 is 0 Å². The second kappa shape index (κ2) is 12.5. The van der Waals surface area contributed by atoms with Crippen molar-refractivity contribution in [1.29, 1.82) is 0 Å². The molecule has 3 rings (SSSR count). The minimum Gasteiger partial charge on any atom is -0.361 e. The topological polar surface area (TPSA) is 72.5 Å². The lowest BCUT2D eigenvalue weighted by atomic mass is 10.1. The highest BCUT2D eigenvalue weighted by atomic mass is 127. The van der Waals surface area contributed by atoms with Crippen molar-refractivity contribution in [3.8, 4) is 0 Å². The number of amides is 1. The quantitative estimate of drug-likeness (QED) is 0.227. The molecule has 7 heteroatoms. The van der Waals surface area contributed by atoms with E-state index in [1.165, 1.54) is 22.0 Å². The molecule has 6 nitrogen and oxygen atoms in total. The molecule has 1 heterocycles. The fourth-order valence-electron chi connectivity index (χ4n) is 3.76. The third kappa shape index (κ3) is 6.48. The van der Waals surface area contributed by atoms with Crippen LogP contribution in [0.25, 0.3) is 10.9 Å². The molecule has 0 saturated heterocycles. The van der Waals surface area contributed by atoms with Crippen LogP contribution in [0, 0.1) is 0 Å². The smallest absolute Gasteiger partial charge is 0.253 e. The van der Waals surface area contributed by atoms with Crippen LogP contribution in [0.5, 0.6) is 0 Å². The zero-order valence-electron chi connectivity index (χ0n) is 19.4. The maximum Gasteiger partial charge on any atom is 0.253 e. The van der Waals surface area contributed by atoms with E-state index in [0.717, 1.165) is 49.4 Å². The van der Waals surface area contributed by atoms with Crippen molar-refractivity contribution in [3.05, 3.63) is 70.9 Å². The highest BCUT2D eigenvalue weighted by Gasteiger charge is 2.09.